The van der Waals surface area contributed by atoms with Crippen molar-refractivity contribution in [3.63, 3.8) is 0 Å². The molecule has 0 bridgehead atoms. The van der Waals surface area contributed by atoms with E-state index in [1.165, 1.54) is 0 Å². The van der Waals surface area contributed by atoms with Gasteiger partial charge in [-0.25, -0.2) is 4.98 Å². The summed E-state index contributed by atoms with van der Waals surface area (Å²) in [5, 5.41) is 10.1. The van der Waals surface area contributed by atoms with Gasteiger partial charge in [0.25, 0.3) is 0 Å². The first-order chi connectivity index (χ1) is 13.4. The molecule has 0 saturated carbocycles. The second kappa shape index (κ2) is 6.42. The second-order valence-electron chi connectivity index (χ2n) is 6.02. The van der Waals surface area contributed by atoms with Gasteiger partial charge in [-0.2, -0.15) is 0 Å². The van der Waals surface area contributed by atoms with Gasteiger partial charge in [0, 0.05) is 29.7 Å². The Hall–Kier alpha value is -3.93. The SMILES string of the molecule is C(/c1ccccn1)=c1\c(-c2ccccc2)nn2nc(-c3cccnc3)nc12. The molecule has 5 aromatic rings. The van der Waals surface area contributed by atoms with Gasteiger partial charge in [0.15, 0.2) is 11.5 Å². The molecule has 0 saturated heterocycles. The predicted octanol–water partition coefficient (Wildman–Crippen LogP) is 2.80. The van der Waals surface area contributed by atoms with E-state index in [-0.39, 0.29) is 0 Å². The first-order valence-corrected chi connectivity index (χ1v) is 8.54. The van der Waals surface area contributed by atoms with Crippen LogP contribution in [0.4, 0.5) is 0 Å². The Balaban J connectivity index is 1.77. The summed E-state index contributed by atoms with van der Waals surface area (Å²) in [5.41, 5.74) is 4.23. The van der Waals surface area contributed by atoms with Gasteiger partial charge in [-0.1, -0.05) is 36.4 Å². The summed E-state index contributed by atoms with van der Waals surface area (Å²) >= 11 is 0. The molecule has 0 aliphatic heterocycles. The molecule has 1 aromatic carbocycles. The van der Waals surface area contributed by atoms with Crippen LogP contribution in [-0.2, 0) is 0 Å². The van der Waals surface area contributed by atoms with Gasteiger partial charge in [-0.3, -0.25) is 9.97 Å². The van der Waals surface area contributed by atoms with Crippen LogP contribution in [-0.4, -0.2) is 29.8 Å². The Labute approximate surface area is 154 Å². The highest BCUT2D eigenvalue weighted by molar-refractivity contribution is 5.71. The van der Waals surface area contributed by atoms with Crippen molar-refractivity contribution in [1.82, 2.24) is 29.8 Å². The Morgan fingerprint density at radius 1 is 0.778 bits per heavy atom. The van der Waals surface area contributed by atoms with Crippen LogP contribution in [0.3, 0.4) is 0 Å². The second-order valence-corrected chi connectivity index (χ2v) is 6.02. The lowest BCUT2D eigenvalue weighted by atomic mass is 10.1. The van der Waals surface area contributed by atoms with Crippen molar-refractivity contribution < 1.29 is 0 Å². The molecule has 128 valence electrons. The highest BCUT2D eigenvalue weighted by Gasteiger charge is 2.15. The van der Waals surface area contributed by atoms with Gasteiger partial charge in [0.1, 0.15) is 5.69 Å². The minimum absolute atomic E-state index is 0.598. The van der Waals surface area contributed by atoms with E-state index in [1.54, 1.807) is 23.2 Å². The minimum Gasteiger partial charge on any atom is -0.264 e. The fraction of sp³-hybridized carbons (Fsp3) is 0. The van der Waals surface area contributed by atoms with E-state index in [1.807, 2.05) is 66.7 Å². The van der Waals surface area contributed by atoms with Crippen molar-refractivity contribution in [1.29, 1.82) is 0 Å². The average molecular weight is 350 g/mol. The van der Waals surface area contributed by atoms with Crippen LogP contribution >= 0.6 is 0 Å². The van der Waals surface area contributed by atoms with Crippen LogP contribution in [0.1, 0.15) is 5.69 Å². The summed E-state index contributed by atoms with van der Waals surface area (Å²) in [7, 11) is 0. The molecule has 0 atom stereocenters. The summed E-state index contributed by atoms with van der Waals surface area (Å²) in [4.78, 5) is 13.3. The molecule has 0 unspecified atom stereocenters. The van der Waals surface area contributed by atoms with Crippen LogP contribution in [0, 0.1) is 0 Å². The minimum atomic E-state index is 0.598. The molecular weight excluding hydrogens is 336 g/mol. The lowest BCUT2D eigenvalue weighted by Gasteiger charge is -1.96. The molecule has 6 heteroatoms. The maximum Gasteiger partial charge on any atom is 0.186 e. The fourth-order valence-corrected chi connectivity index (χ4v) is 2.97. The molecule has 0 fully saturated rings. The van der Waals surface area contributed by atoms with E-state index in [2.05, 4.69) is 20.2 Å². The number of pyridine rings is 2. The lowest BCUT2D eigenvalue weighted by Crippen LogP contribution is -2.04. The van der Waals surface area contributed by atoms with Crippen LogP contribution in [0.5, 0.6) is 0 Å². The van der Waals surface area contributed by atoms with Crippen LogP contribution in [0.2, 0.25) is 0 Å². The molecule has 27 heavy (non-hydrogen) atoms. The molecule has 0 radical (unpaired) electrons. The Bertz CT molecular complexity index is 1250. The van der Waals surface area contributed by atoms with Gasteiger partial charge < -0.3 is 0 Å². The number of hydrogen-bond acceptors (Lipinski definition) is 5. The zero-order valence-electron chi connectivity index (χ0n) is 14.3. The van der Waals surface area contributed by atoms with E-state index in [4.69, 9.17) is 4.98 Å². The monoisotopic (exact) mass is 350 g/mol. The molecule has 0 amide bonds. The molecule has 0 aliphatic rings. The maximum absolute atomic E-state index is 4.72. The summed E-state index contributed by atoms with van der Waals surface area (Å²) < 4.78 is 1.58. The molecule has 6 nitrogen and oxygen atoms in total. The van der Waals surface area contributed by atoms with Gasteiger partial charge in [0.05, 0.1) is 10.9 Å². The third-order valence-electron chi connectivity index (χ3n) is 4.23. The van der Waals surface area contributed by atoms with Crippen molar-refractivity contribution >= 4 is 11.7 Å². The zero-order chi connectivity index (χ0) is 18.1. The van der Waals surface area contributed by atoms with Crippen LogP contribution in [0.25, 0.3) is 34.4 Å². The molecule has 4 aromatic heterocycles. The van der Waals surface area contributed by atoms with Crippen LogP contribution in [0.15, 0.2) is 79.3 Å². The molecule has 4 heterocycles. The van der Waals surface area contributed by atoms with E-state index >= 15 is 0 Å². The number of rotatable bonds is 3. The summed E-state index contributed by atoms with van der Waals surface area (Å²) in [6, 6.07) is 19.6. The first kappa shape index (κ1) is 15.3. The van der Waals surface area contributed by atoms with E-state index in [9.17, 15) is 0 Å². The number of nitrogens with zero attached hydrogens (tertiary/aromatic N) is 6. The normalized spacial score (nSPS) is 11.9. The Morgan fingerprint density at radius 2 is 1.63 bits per heavy atom. The highest BCUT2D eigenvalue weighted by Crippen LogP contribution is 2.17. The lowest BCUT2D eigenvalue weighted by molar-refractivity contribution is 0.828. The van der Waals surface area contributed by atoms with E-state index in [0.29, 0.717) is 11.5 Å². The molecule has 0 aliphatic carbocycles. The number of benzene rings is 1. The van der Waals surface area contributed by atoms with Gasteiger partial charge in [-0.05, 0) is 30.3 Å². The highest BCUT2D eigenvalue weighted by atomic mass is 15.5. The largest absolute Gasteiger partial charge is 0.264 e. The molecule has 0 spiro atoms. The third-order valence-corrected chi connectivity index (χ3v) is 4.23. The molecule has 5 rings (SSSR count). The molecule has 0 N–H and O–H groups in total. The summed E-state index contributed by atoms with van der Waals surface area (Å²) in [6.45, 7) is 0. The van der Waals surface area contributed by atoms with Gasteiger partial charge >= 0.3 is 0 Å². The van der Waals surface area contributed by atoms with Crippen molar-refractivity contribution in [3.8, 4) is 22.6 Å². The smallest absolute Gasteiger partial charge is 0.186 e. The quantitative estimate of drug-likeness (QED) is 0.500. The van der Waals surface area contributed by atoms with Crippen LogP contribution < -0.4 is 5.22 Å². The van der Waals surface area contributed by atoms with Crippen molar-refractivity contribution in [2.75, 3.05) is 0 Å². The van der Waals surface area contributed by atoms with E-state index < -0.39 is 0 Å². The van der Waals surface area contributed by atoms with Crippen molar-refractivity contribution in [3.05, 3.63) is 90.2 Å². The van der Waals surface area contributed by atoms with Gasteiger partial charge in [-0.15, -0.1) is 14.8 Å². The molecular formula is C21H14N6. The zero-order valence-corrected chi connectivity index (χ0v) is 14.3. The van der Waals surface area contributed by atoms with Gasteiger partial charge in [0.2, 0.25) is 0 Å². The fourth-order valence-electron chi connectivity index (χ4n) is 2.97. The maximum atomic E-state index is 4.72. The van der Waals surface area contributed by atoms with E-state index in [0.717, 1.165) is 27.7 Å². The topological polar surface area (TPSA) is 68.9 Å². The van der Waals surface area contributed by atoms with Crippen molar-refractivity contribution in [2.45, 2.75) is 0 Å². The summed E-state index contributed by atoms with van der Waals surface area (Å²) in [5.74, 6) is 0.598. The Morgan fingerprint density at radius 3 is 2.41 bits per heavy atom. The first-order valence-electron chi connectivity index (χ1n) is 8.54. The Kier molecular flexibility index (Phi) is 3.65. The predicted molar refractivity (Wildman–Crippen MR) is 102 cm³/mol. The third kappa shape index (κ3) is 2.83. The standard InChI is InChI=1S/C21H14N6/c1-2-7-15(8-3-1)19-18(13-17-10-4-5-12-23-17)21-24-20(26-27(21)25-19)16-9-6-11-22-14-16/h1-14H/b18-13-. The average Bonchev–Trinajstić information content (AvgIpc) is 3.30. The van der Waals surface area contributed by atoms with Crippen molar-refractivity contribution in [2.24, 2.45) is 0 Å². The summed E-state index contributed by atoms with van der Waals surface area (Å²) in [6.07, 6.45) is 7.24. The number of hydrogen-bond donors (Lipinski definition) is 0. The number of aromatic nitrogens is 6. The number of fused-ring (bicyclic) bond motifs is 1.